The van der Waals surface area contributed by atoms with Crippen molar-refractivity contribution in [2.45, 2.75) is 13.3 Å². The van der Waals surface area contributed by atoms with E-state index in [-0.39, 0.29) is 24.8 Å². The van der Waals surface area contributed by atoms with Gasteiger partial charge in [-0.15, -0.1) is 0 Å². The van der Waals surface area contributed by atoms with Crippen LogP contribution in [0.25, 0.3) is 0 Å². The van der Waals surface area contributed by atoms with Crippen molar-refractivity contribution in [2.75, 3.05) is 18.6 Å². The highest BCUT2D eigenvalue weighted by molar-refractivity contribution is 6.06. The topological polar surface area (TPSA) is 75.3 Å². The number of para-hydroxylation sites is 1. The molecule has 0 aliphatic rings. The number of nitrogens with zero attached hydrogens (tertiary/aromatic N) is 3. The number of aromatic nitrogens is 1. The molecule has 1 aromatic carbocycles. The quantitative estimate of drug-likeness (QED) is 0.791. The summed E-state index contributed by atoms with van der Waals surface area (Å²) >= 11 is 0. The van der Waals surface area contributed by atoms with Gasteiger partial charge in [0.2, 0.25) is 0 Å². The number of amides is 1. The standard InChI is InChI=1S/C18H19N3O3/c1-13-6-4-5-7-15(13)21(9-8-17(22)24-3)18(23)16-10-14(11-19)12-20(16)2/h4-7,10,12H,8-9H2,1-3H3. The van der Waals surface area contributed by atoms with Crippen molar-refractivity contribution in [3.05, 3.63) is 53.3 Å². The first-order chi connectivity index (χ1) is 11.5. The lowest BCUT2D eigenvalue weighted by Gasteiger charge is -2.24. The third-order valence-corrected chi connectivity index (χ3v) is 3.77. The molecule has 0 fully saturated rings. The van der Waals surface area contributed by atoms with Gasteiger partial charge >= 0.3 is 5.97 Å². The number of rotatable bonds is 5. The summed E-state index contributed by atoms with van der Waals surface area (Å²) in [5, 5.41) is 9.02. The minimum absolute atomic E-state index is 0.0894. The first-order valence-corrected chi connectivity index (χ1v) is 7.48. The molecule has 0 saturated carbocycles. The van der Waals surface area contributed by atoms with Gasteiger partial charge < -0.3 is 14.2 Å². The number of carbonyl (C=O) groups excluding carboxylic acids is 2. The second-order valence-corrected chi connectivity index (χ2v) is 5.41. The summed E-state index contributed by atoms with van der Waals surface area (Å²) < 4.78 is 6.29. The van der Waals surface area contributed by atoms with E-state index in [2.05, 4.69) is 4.74 Å². The predicted octanol–water partition coefficient (Wildman–Crippen LogP) is 2.42. The van der Waals surface area contributed by atoms with Gasteiger partial charge in [0.05, 0.1) is 19.1 Å². The molecule has 6 heteroatoms. The molecule has 0 atom stereocenters. The highest BCUT2D eigenvalue weighted by Gasteiger charge is 2.23. The number of carbonyl (C=O) groups is 2. The van der Waals surface area contributed by atoms with Crippen LogP contribution < -0.4 is 4.90 Å². The van der Waals surface area contributed by atoms with Crippen molar-refractivity contribution in [3.63, 3.8) is 0 Å². The van der Waals surface area contributed by atoms with Crippen LogP contribution in [-0.4, -0.2) is 30.1 Å². The average molecular weight is 325 g/mol. The molecule has 1 aromatic heterocycles. The van der Waals surface area contributed by atoms with Gasteiger partial charge in [0.1, 0.15) is 11.8 Å². The van der Waals surface area contributed by atoms with Gasteiger partial charge in [-0.2, -0.15) is 5.26 Å². The van der Waals surface area contributed by atoms with E-state index in [4.69, 9.17) is 5.26 Å². The van der Waals surface area contributed by atoms with Crippen LogP contribution in [0.5, 0.6) is 0 Å². The van der Waals surface area contributed by atoms with Crippen LogP contribution in [-0.2, 0) is 16.6 Å². The first-order valence-electron chi connectivity index (χ1n) is 7.48. The number of ether oxygens (including phenoxy) is 1. The molecule has 0 saturated heterocycles. The SMILES string of the molecule is COC(=O)CCN(C(=O)c1cc(C#N)cn1C)c1ccccc1C. The number of methoxy groups -OCH3 is 1. The van der Waals surface area contributed by atoms with Crippen LogP contribution in [0.15, 0.2) is 36.5 Å². The molecule has 24 heavy (non-hydrogen) atoms. The molecule has 2 rings (SSSR count). The van der Waals surface area contributed by atoms with Crippen molar-refractivity contribution in [1.29, 1.82) is 5.26 Å². The van der Waals surface area contributed by atoms with Crippen molar-refractivity contribution < 1.29 is 14.3 Å². The van der Waals surface area contributed by atoms with Crippen LogP contribution in [0.3, 0.4) is 0 Å². The summed E-state index contributed by atoms with van der Waals surface area (Å²) in [7, 11) is 3.03. The Morgan fingerprint density at radius 3 is 2.62 bits per heavy atom. The first kappa shape index (κ1) is 17.3. The minimum atomic E-state index is -0.383. The normalized spacial score (nSPS) is 10.1. The van der Waals surface area contributed by atoms with Crippen molar-refractivity contribution in [2.24, 2.45) is 7.05 Å². The lowest BCUT2D eigenvalue weighted by molar-refractivity contribution is -0.140. The van der Waals surface area contributed by atoms with Crippen molar-refractivity contribution >= 4 is 17.6 Å². The van der Waals surface area contributed by atoms with E-state index in [0.29, 0.717) is 11.3 Å². The number of hydrogen-bond donors (Lipinski definition) is 0. The summed E-state index contributed by atoms with van der Waals surface area (Å²) in [6, 6.07) is 11.0. The zero-order valence-corrected chi connectivity index (χ0v) is 13.9. The Hall–Kier alpha value is -3.07. The van der Waals surface area contributed by atoms with Crippen LogP contribution in [0, 0.1) is 18.3 Å². The monoisotopic (exact) mass is 325 g/mol. The van der Waals surface area contributed by atoms with E-state index in [1.54, 1.807) is 28.8 Å². The fourth-order valence-electron chi connectivity index (χ4n) is 2.48. The molecular weight excluding hydrogens is 306 g/mol. The molecule has 0 aliphatic carbocycles. The highest BCUT2D eigenvalue weighted by Crippen LogP contribution is 2.22. The summed E-state index contributed by atoms with van der Waals surface area (Å²) in [4.78, 5) is 26.0. The van der Waals surface area contributed by atoms with E-state index >= 15 is 0 Å². The number of nitriles is 1. The Morgan fingerprint density at radius 2 is 2.04 bits per heavy atom. The van der Waals surface area contributed by atoms with Gasteiger partial charge in [0.25, 0.3) is 5.91 Å². The van der Waals surface area contributed by atoms with Crippen molar-refractivity contribution in [3.8, 4) is 6.07 Å². The maximum Gasteiger partial charge on any atom is 0.307 e. The predicted molar refractivity (Wildman–Crippen MR) is 89.6 cm³/mol. The molecular formula is C18H19N3O3. The summed E-state index contributed by atoms with van der Waals surface area (Å²) in [6.07, 6.45) is 1.69. The third-order valence-electron chi connectivity index (χ3n) is 3.77. The number of hydrogen-bond acceptors (Lipinski definition) is 4. The Balaban J connectivity index is 2.39. The maximum atomic E-state index is 13.0. The summed E-state index contributed by atoms with van der Waals surface area (Å²) in [5.41, 5.74) is 2.45. The molecule has 1 heterocycles. The lowest BCUT2D eigenvalue weighted by Crippen LogP contribution is -2.34. The molecule has 0 radical (unpaired) electrons. The van der Waals surface area contributed by atoms with E-state index < -0.39 is 0 Å². The van der Waals surface area contributed by atoms with E-state index in [1.807, 2.05) is 37.3 Å². The molecule has 0 N–H and O–H groups in total. The van der Waals surface area contributed by atoms with E-state index in [1.165, 1.54) is 7.11 Å². The van der Waals surface area contributed by atoms with Gasteiger partial charge in [0, 0.05) is 25.5 Å². The number of aryl methyl sites for hydroxylation is 2. The largest absolute Gasteiger partial charge is 0.469 e. The number of esters is 1. The third kappa shape index (κ3) is 3.63. The Morgan fingerprint density at radius 1 is 1.33 bits per heavy atom. The second-order valence-electron chi connectivity index (χ2n) is 5.41. The minimum Gasteiger partial charge on any atom is -0.469 e. The molecule has 2 aromatic rings. The number of benzene rings is 1. The fourth-order valence-corrected chi connectivity index (χ4v) is 2.48. The van der Waals surface area contributed by atoms with Crippen LogP contribution in [0.1, 0.15) is 28.0 Å². The molecule has 0 unspecified atom stereocenters. The number of anilines is 1. The highest BCUT2D eigenvalue weighted by atomic mass is 16.5. The van der Waals surface area contributed by atoms with Gasteiger partial charge in [-0.1, -0.05) is 18.2 Å². The van der Waals surface area contributed by atoms with Gasteiger partial charge in [0.15, 0.2) is 0 Å². The molecule has 0 bridgehead atoms. The van der Waals surface area contributed by atoms with Gasteiger partial charge in [-0.05, 0) is 24.6 Å². The lowest BCUT2D eigenvalue weighted by atomic mass is 10.1. The molecule has 0 aliphatic heterocycles. The Labute approximate surface area is 140 Å². The van der Waals surface area contributed by atoms with Crippen LogP contribution in [0.4, 0.5) is 5.69 Å². The molecule has 124 valence electrons. The van der Waals surface area contributed by atoms with Gasteiger partial charge in [-0.25, -0.2) is 0 Å². The smallest absolute Gasteiger partial charge is 0.307 e. The second kappa shape index (κ2) is 7.47. The van der Waals surface area contributed by atoms with E-state index in [9.17, 15) is 9.59 Å². The maximum absolute atomic E-state index is 13.0. The fraction of sp³-hybridized carbons (Fsp3) is 0.278. The van der Waals surface area contributed by atoms with Crippen LogP contribution >= 0.6 is 0 Å². The molecule has 1 amide bonds. The van der Waals surface area contributed by atoms with Crippen molar-refractivity contribution in [1.82, 2.24) is 4.57 Å². The Kier molecular flexibility index (Phi) is 5.38. The van der Waals surface area contributed by atoms with E-state index in [0.717, 1.165) is 11.3 Å². The zero-order chi connectivity index (χ0) is 17.7. The van der Waals surface area contributed by atoms with Gasteiger partial charge in [-0.3, -0.25) is 9.59 Å². The van der Waals surface area contributed by atoms with Crippen LogP contribution in [0.2, 0.25) is 0 Å². The molecule has 0 spiro atoms. The zero-order valence-electron chi connectivity index (χ0n) is 13.9. The average Bonchev–Trinajstić information content (AvgIpc) is 2.97. The summed E-state index contributed by atoms with van der Waals surface area (Å²) in [5.74, 6) is -0.650. The molecule has 6 nitrogen and oxygen atoms in total. The summed E-state index contributed by atoms with van der Waals surface area (Å²) in [6.45, 7) is 2.10. The Bertz CT molecular complexity index is 802.